The van der Waals surface area contributed by atoms with E-state index >= 15 is 0 Å². The summed E-state index contributed by atoms with van der Waals surface area (Å²) in [6.45, 7) is 6.66. The van der Waals surface area contributed by atoms with Crippen LogP contribution in [-0.2, 0) is 9.59 Å². The molecule has 1 aromatic carbocycles. The first kappa shape index (κ1) is 15.2. The molecule has 2 bridgehead atoms. The predicted octanol–water partition coefficient (Wildman–Crippen LogP) is 3.34. The zero-order chi connectivity index (χ0) is 17.0. The van der Waals surface area contributed by atoms with Crippen LogP contribution in [0.4, 0.5) is 5.69 Å². The molecule has 1 aromatic rings. The Morgan fingerprint density at radius 1 is 1.00 bits per heavy atom. The normalized spacial score (nSPS) is 30.3. The summed E-state index contributed by atoms with van der Waals surface area (Å²) >= 11 is 0. The summed E-state index contributed by atoms with van der Waals surface area (Å²) in [6, 6.07) is 7.20. The zero-order valence-corrected chi connectivity index (χ0v) is 14.2. The van der Waals surface area contributed by atoms with Gasteiger partial charge in [-0.25, -0.2) is 4.90 Å². The van der Waals surface area contributed by atoms with E-state index in [1.807, 2.05) is 19.1 Å². The molecule has 2 amide bonds. The monoisotopic (exact) mass is 323 g/mol. The van der Waals surface area contributed by atoms with Crippen molar-refractivity contribution in [1.29, 1.82) is 0 Å². The molecule has 124 valence electrons. The van der Waals surface area contributed by atoms with Crippen LogP contribution in [0.1, 0.15) is 20.8 Å². The molecule has 0 radical (unpaired) electrons. The first-order chi connectivity index (χ1) is 11.5. The minimum atomic E-state index is -0.232. The number of anilines is 1. The second kappa shape index (κ2) is 5.33. The number of hydrogen-bond acceptors (Lipinski definition) is 3. The van der Waals surface area contributed by atoms with Gasteiger partial charge in [-0.15, -0.1) is 0 Å². The number of fused-ring (bicyclic) bond motifs is 5. The summed E-state index contributed by atoms with van der Waals surface area (Å²) < 4.78 is 5.43. The first-order valence-electron chi connectivity index (χ1n) is 8.51. The van der Waals surface area contributed by atoms with Crippen molar-refractivity contribution in [3.63, 3.8) is 0 Å². The maximum atomic E-state index is 13.0. The first-order valence-corrected chi connectivity index (χ1v) is 8.51. The third kappa shape index (κ3) is 1.92. The Labute approximate surface area is 141 Å². The Bertz CT molecular complexity index is 737. The van der Waals surface area contributed by atoms with E-state index in [9.17, 15) is 9.59 Å². The van der Waals surface area contributed by atoms with Crippen molar-refractivity contribution in [3.8, 4) is 5.75 Å². The maximum Gasteiger partial charge on any atom is 0.238 e. The molecule has 4 atom stereocenters. The van der Waals surface area contributed by atoms with Crippen LogP contribution in [0, 0.1) is 23.7 Å². The average Bonchev–Trinajstić information content (AvgIpc) is 3.19. The molecular weight excluding hydrogens is 302 g/mol. The Morgan fingerprint density at radius 2 is 1.54 bits per heavy atom. The number of imide groups is 1. The summed E-state index contributed by atoms with van der Waals surface area (Å²) in [5, 5.41) is 0. The lowest BCUT2D eigenvalue weighted by Crippen LogP contribution is -2.33. The second-order valence-corrected chi connectivity index (χ2v) is 6.88. The minimum Gasteiger partial charge on any atom is -0.494 e. The SMILES string of the molecule is CCOc1ccc(N2C(=O)[C@@H]3[C@@H](C2=O)[C@H]2C=C[C@@H]3C2=C(C)C)cc1. The van der Waals surface area contributed by atoms with Crippen molar-refractivity contribution in [2.24, 2.45) is 23.7 Å². The number of nitrogens with zero attached hydrogens (tertiary/aromatic N) is 1. The number of rotatable bonds is 3. The van der Waals surface area contributed by atoms with E-state index in [2.05, 4.69) is 26.0 Å². The van der Waals surface area contributed by atoms with Crippen molar-refractivity contribution >= 4 is 17.5 Å². The molecule has 24 heavy (non-hydrogen) atoms. The molecule has 4 rings (SSSR count). The van der Waals surface area contributed by atoms with Gasteiger partial charge in [0, 0.05) is 11.8 Å². The molecule has 4 heteroatoms. The van der Waals surface area contributed by atoms with Crippen LogP contribution in [0.5, 0.6) is 5.75 Å². The third-order valence-corrected chi connectivity index (χ3v) is 5.40. The molecule has 0 N–H and O–H groups in total. The lowest BCUT2D eigenvalue weighted by molar-refractivity contribution is -0.122. The molecule has 2 fully saturated rings. The Hall–Kier alpha value is -2.36. The van der Waals surface area contributed by atoms with Crippen LogP contribution >= 0.6 is 0 Å². The Kier molecular flexibility index (Phi) is 3.37. The second-order valence-electron chi connectivity index (χ2n) is 6.88. The molecule has 1 aliphatic heterocycles. The molecule has 0 aromatic heterocycles. The van der Waals surface area contributed by atoms with Gasteiger partial charge in [0.25, 0.3) is 0 Å². The number of amides is 2. The van der Waals surface area contributed by atoms with Gasteiger partial charge in [-0.05, 0) is 45.0 Å². The maximum absolute atomic E-state index is 13.0. The van der Waals surface area contributed by atoms with E-state index in [4.69, 9.17) is 4.74 Å². The summed E-state index contributed by atoms with van der Waals surface area (Å²) in [5.74, 6) is 0.333. The lowest BCUT2D eigenvalue weighted by Gasteiger charge is -2.19. The van der Waals surface area contributed by atoms with Gasteiger partial charge >= 0.3 is 0 Å². The third-order valence-electron chi connectivity index (χ3n) is 5.40. The van der Waals surface area contributed by atoms with Crippen LogP contribution < -0.4 is 9.64 Å². The van der Waals surface area contributed by atoms with E-state index in [0.29, 0.717) is 12.3 Å². The highest BCUT2D eigenvalue weighted by molar-refractivity contribution is 6.23. The predicted molar refractivity (Wildman–Crippen MR) is 91.6 cm³/mol. The van der Waals surface area contributed by atoms with Crippen molar-refractivity contribution in [2.45, 2.75) is 20.8 Å². The smallest absolute Gasteiger partial charge is 0.238 e. The summed E-state index contributed by atoms with van der Waals surface area (Å²) in [4.78, 5) is 27.3. The van der Waals surface area contributed by atoms with Gasteiger partial charge in [0.1, 0.15) is 5.75 Å². The average molecular weight is 323 g/mol. The highest BCUT2D eigenvalue weighted by Crippen LogP contribution is 2.57. The number of benzene rings is 1. The van der Waals surface area contributed by atoms with E-state index in [1.54, 1.807) is 12.1 Å². The quantitative estimate of drug-likeness (QED) is 0.633. The van der Waals surface area contributed by atoms with E-state index < -0.39 is 0 Å². The summed E-state index contributed by atoms with van der Waals surface area (Å²) in [6.07, 6.45) is 4.22. The number of carbonyl (C=O) groups excluding carboxylic acids is 2. The molecule has 2 aliphatic carbocycles. The fourth-order valence-electron chi connectivity index (χ4n) is 4.54. The topological polar surface area (TPSA) is 46.6 Å². The van der Waals surface area contributed by atoms with Gasteiger partial charge < -0.3 is 4.74 Å². The number of carbonyl (C=O) groups is 2. The minimum absolute atomic E-state index is 0.0650. The molecule has 4 nitrogen and oxygen atoms in total. The van der Waals surface area contributed by atoms with Gasteiger partial charge in [0.05, 0.1) is 24.1 Å². The zero-order valence-electron chi connectivity index (χ0n) is 14.2. The molecule has 3 aliphatic rings. The van der Waals surface area contributed by atoms with E-state index in [-0.39, 0.29) is 35.5 Å². The summed E-state index contributed by atoms with van der Waals surface area (Å²) in [7, 11) is 0. The van der Waals surface area contributed by atoms with Gasteiger partial charge in [0.15, 0.2) is 0 Å². The molecule has 0 unspecified atom stereocenters. The Balaban J connectivity index is 1.67. The van der Waals surface area contributed by atoms with Gasteiger partial charge in [-0.1, -0.05) is 23.3 Å². The number of allylic oxidation sites excluding steroid dienone is 4. The lowest BCUT2D eigenvalue weighted by atomic mass is 9.85. The standard InChI is InChI=1S/C20H21NO3/c1-4-24-13-7-5-12(6-8-13)21-19(22)17-14-9-10-15(16(14)11(2)3)18(17)20(21)23/h5-10,14-15,17-18H,4H2,1-3H3/t14-,15+,17-,18-/m0/s1. The number of ether oxygens (including phenoxy) is 1. The van der Waals surface area contributed by atoms with Crippen LogP contribution in [0.3, 0.4) is 0 Å². The van der Waals surface area contributed by atoms with Crippen LogP contribution in [0.25, 0.3) is 0 Å². The summed E-state index contributed by atoms with van der Waals surface area (Å²) in [5.41, 5.74) is 3.15. The Morgan fingerprint density at radius 3 is 2.00 bits per heavy atom. The molecule has 1 saturated carbocycles. The van der Waals surface area contributed by atoms with E-state index in [0.717, 1.165) is 5.75 Å². The molecule has 1 saturated heterocycles. The fraction of sp³-hybridized carbons (Fsp3) is 0.400. The highest BCUT2D eigenvalue weighted by atomic mass is 16.5. The van der Waals surface area contributed by atoms with Crippen LogP contribution in [0.2, 0.25) is 0 Å². The van der Waals surface area contributed by atoms with Crippen molar-refractivity contribution < 1.29 is 14.3 Å². The van der Waals surface area contributed by atoms with Crippen LogP contribution in [-0.4, -0.2) is 18.4 Å². The van der Waals surface area contributed by atoms with Crippen LogP contribution in [0.15, 0.2) is 47.6 Å². The number of hydrogen-bond donors (Lipinski definition) is 0. The molecule has 1 heterocycles. The molecular formula is C20H21NO3. The van der Waals surface area contributed by atoms with Crippen molar-refractivity contribution in [1.82, 2.24) is 0 Å². The van der Waals surface area contributed by atoms with Gasteiger partial charge in [-0.3, -0.25) is 9.59 Å². The molecule has 0 spiro atoms. The van der Waals surface area contributed by atoms with Gasteiger partial charge in [0.2, 0.25) is 11.8 Å². The largest absolute Gasteiger partial charge is 0.494 e. The van der Waals surface area contributed by atoms with Gasteiger partial charge in [-0.2, -0.15) is 0 Å². The van der Waals surface area contributed by atoms with E-state index in [1.165, 1.54) is 16.0 Å². The van der Waals surface area contributed by atoms with Crippen molar-refractivity contribution in [2.75, 3.05) is 11.5 Å². The van der Waals surface area contributed by atoms with Crippen molar-refractivity contribution in [3.05, 3.63) is 47.6 Å². The highest BCUT2D eigenvalue weighted by Gasteiger charge is 2.61. The fourth-order valence-corrected chi connectivity index (χ4v) is 4.54.